The summed E-state index contributed by atoms with van der Waals surface area (Å²) in [5, 5.41) is 0. The number of nitrogens with zero attached hydrogens (tertiary/aromatic N) is 2. The van der Waals surface area contributed by atoms with Gasteiger partial charge in [0.1, 0.15) is 0 Å². The van der Waals surface area contributed by atoms with Crippen LogP contribution in [0.5, 0.6) is 0 Å². The summed E-state index contributed by atoms with van der Waals surface area (Å²) in [4.78, 5) is 9.37. The Kier molecular flexibility index (Phi) is 10.0. The molecule has 34 heavy (non-hydrogen) atoms. The van der Waals surface area contributed by atoms with Gasteiger partial charge in [-0.05, 0) is 0 Å². The minimum atomic E-state index is 0.441. The van der Waals surface area contributed by atoms with Gasteiger partial charge in [-0.2, -0.15) is 0 Å². The SMILES string of the molecule is CCCCCCc1ccc(-c2ccnc(-c3cc(-c4ccc(CCCCCC)[se]4)ccn3)c2)[se]1. The van der Waals surface area contributed by atoms with Crippen LogP contribution in [-0.4, -0.2) is 39.0 Å². The van der Waals surface area contributed by atoms with E-state index in [2.05, 4.69) is 72.3 Å². The molecule has 4 aromatic rings. The summed E-state index contributed by atoms with van der Waals surface area (Å²) >= 11 is 0.882. The average Bonchev–Trinajstić information content (AvgIpc) is 3.55. The third-order valence-electron chi connectivity index (χ3n) is 6.23. The maximum absolute atomic E-state index is 4.68. The number of unbranched alkanes of at least 4 members (excludes halogenated alkanes) is 6. The molecule has 4 aromatic heterocycles. The summed E-state index contributed by atoms with van der Waals surface area (Å²) in [7, 11) is 0. The maximum atomic E-state index is 4.68. The Morgan fingerprint density at radius 3 is 1.47 bits per heavy atom. The van der Waals surface area contributed by atoms with Gasteiger partial charge in [0.15, 0.2) is 0 Å². The van der Waals surface area contributed by atoms with E-state index in [0.717, 1.165) is 11.4 Å². The van der Waals surface area contributed by atoms with E-state index < -0.39 is 0 Å². The molecule has 0 aliphatic carbocycles. The summed E-state index contributed by atoms with van der Waals surface area (Å²) < 4.78 is 6.20. The third kappa shape index (κ3) is 7.15. The molecule has 4 heteroatoms. The van der Waals surface area contributed by atoms with Gasteiger partial charge in [-0.3, -0.25) is 0 Å². The van der Waals surface area contributed by atoms with Crippen LogP contribution in [0.1, 0.15) is 74.1 Å². The first-order valence-corrected chi connectivity index (χ1v) is 16.3. The Morgan fingerprint density at radius 2 is 1.03 bits per heavy atom. The molecule has 4 rings (SSSR count). The summed E-state index contributed by atoms with van der Waals surface area (Å²) in [6, 6.07) is 18.2. The van der Waals surface area contributed by atoms with Crippen LogP contribution in [0.25, 0.3) is 31.4 Å². The van der Waals surface area contributed by atoms with Crippen molar-refractivity contribution in [2.75, 3.05) is 0 Å². The molecule has 0 atom stereocenters. The molecule has 0 radical (unpaired) electrons. The van der Waals surface area contributed by atoms with Crippen LogP contribution >= 0.6 is 0 Å². The van der Waals surface area contributed by atoms with Crippen molar-refractivity contribution in [1.82, 2.24) is 9.97 Å². The molecule has 0 saturated carbocycles. The Labute approximate surface area is 217 Å². The second-order valence-electron chi connectivity index (χ2n) is 9.01. The van der Waals surface area contributed by atoms with E-state index in [1.54, 1.807) is 8.87 Å². The molecule has 4 heterocycles. The number of hydrogen-bond acceptors (Lipinski definition) is 2. The number of hydrogen-bond donors (Lipinski definition) is 0. The number of aromatic nitrogens is 2. The summed E-state index contributed by atoms with van der Waals surface area (Å²) in [6.07, 6.45) is 17.1. The van der Waals surface area contributed by atoms with E-state index in [1.807, 2.05) is 12.4 Å². The van der Waals surface area contributed by atoms with Gasteiger partial charge in [0.05, 0.1) is 0 Å². The zero-order valence-electron chi connectivity index (χ0n) is 20.6. The van der Waals surface area contributed by atoms with E-state index in [4.69, 9.17) is 0 Å². The number of aryl methyl sites for hydroxylation is 2. The molecular formula is C30H36N2Se2. The molecular weight excluding hydrogens is 546 g/mol. The molecule has 0 unspecified atom stereocenters. The van der Waals surface area contributed by atoms with Crippen LogP contribution in [0, 0.1) is 0 Å². The van der Waals surface area contributed by atoms with Crippen LogP contribution in [0.2, 0.25) is 0 Å². The van der Waals surface area contributed by atoms with Crippen molar-refractivity contribution in [1.29, 1.82) is 0 Å². The number of rotatable bonds is 13. The predicted molar refractivity (Wildman–Crippen MR) is 148 cm³/mol. The second kappa shape index (κ2) is 13.4. The van der Waals surface area contributed by atoms with Crippen molar-refractivity contribution >= 4 is 29.0 Å². The first-order chi connectivity index (χ1) is 16.8. The fraction of sp³-hybridized carbons (Fsp3) is 0.400. The summed E-state index contributed by atoms with van der Waals surface area (Å²) in [6.45, 7) is 4.55. The van der Waals surface area contributed by atoms with Gasteiger partial charge >= 0.3 is 218 Å². The molecule has 2 nitrogen and oxygen atoms in total. The molecule has 0 bridgehead atoms. The van der Waals surface area contributed by atoms with Gasteiger partial charge in [-0.1, -0.05) is 0 Å². The van der Waals surface area contributed by atoms with Crippen molar-refractivity contribution in [2.45, 2.75) is 78.1 Å². The van der Waals surface area contributed by atoms with Gasteiger partial charge in [0, 0.05) is 0 Å². The zero-order valence-corrected chi connectivity index (χ0v) is 24.0. The third-order valence-corrected chi connectivity index (χ3v) is 11.2. The Morgan fingerprint density at radius 1 is 0.559 bits per heavy atom. The van der Waals surface area contributed by atoms with Gasteiger partial charge in [-0.15, -0.1) is 0 Å². The van der Waals surface area contributed by atoms with Crippen molar-refractivity contribution in [3.8, 4) is 31.4 Å². The zero-order chi connectivity index (χ0) is 23.6. The van der Waals surface area contributed by atoms with E-state index in [0.29, 0.717) is 29.0 Å². The topological polar surface area (TPSA) is 25.8 Å². The van der Waals surface area contributed by atoms with E-state index in [1.165, 1.54) is 84.2 Å². The quantitative estimate of drug-likeness (QED) is 0.119. The van der Waals surface area contributed by atoms with Crippen LogP contribution < -0.4 is 0 Å². The first-order valence-electron chi connectivity index (χ1n) is 12.9. The van der Waals surface area contributed by atoms with Gasteiger partial charge in [0.2, 0.25) is 0 Å². The fourth-order valence-electron chi connectivity index (χ4n) is 4.23. The summed E-state index contributed by atoms with van der Waals surface area (Å²) in [5.41, 5.74) is 4.56. The second-order valence-corrected chi connectivity index (χ2v) is 13.9. The molecule has 0 N–H and O–H groups in total. The standard InChI is InChI=1S/C30H36N2Se2/c1-3-5-7-9-11-25-13-15-29(33-25)23-17-19-31-27(21-23)28-22-24(18-20-32-28)30-16-14-26(34-30)12-10-8-6-4-2/h13-22H,3-12H2,1-2H3. The van der Waals surface area contributed by atoms with E-state index in [-0.39, 0.29) is 0 Å². The monoisotopic (exact) mass is 584 g/mol. The Bertz CT molecular complexity index is 1070. The molecule has 0 aliphatic rings. The van der Waals surface area contributed by atoms with Gasteiger partial charge in [0.25, 0.3) is 0 Å². The van der Waals surface area contributed by atoms with Gasteiger partial charge in [-0.25, -0.2) is 0 Å². The van der Waals surface area contributed by atoms with E-state index in [9.17, 15) is 0 Å². The van der Waals surface area contributed by atoms with Gasteiger partial charge < -0.3 is 0 Å². The van der Waals surface area contributed by atoms with Crippen molar-refractivity contribution < 1.29 is 0 Å². The predicted octanol–water partition coefficient (Wildman–Crippen LogP) is 7.84. The van der Waals surface area contributed by atoms with Crippen LogP contribution in [0.3, 0.4) is 0 Å². The molecule has 0 fully saturated rings. The molecule has 0 aromatic carbocycles. The fourth-order valence-corrected chi connectivity index (χ4v) is 8.62. The van der Waals surface area contributed by atoms with E-state index >= 15 is 0 Å². The number of pyridine rings is 2. The van der Waals surface area contributed by atoms with Crippen LogP contribution in [0.4, 0.5) is 0 Å². The molecule has 0 saturated heterocycles. The van der Waals surface area contributed by atoms with Crippen molar-refractivity contribution in [3.63, 3.8) is 0 Å². The normalized spacial score (nSPS) is 11.2. The summed E-state index contributed by atoms with van der Waals surface area (Å²) in [5.74, 6) is 0. The molecule has 0 spiro atoms. The van der Waals surface area contributed by atoms with Crippen molar-refractivity contribution in [3.05, 3.63) is 69.8 Å². The Hall–Kier alpha value is -1.70. The van der Waals surface area contributed by atoms with Crippen LogP contribution in [-0.2, 0) is 12.8 Å². The van der Waals surface area contributed by atoms with Crippen LogP contribution in [0.15, 0.2) is 60.9 Å². The first kappa shape index (κ1) is 25.4. The average molecular weight is 583 g/mol. The Balaban J connectivity index is 1.46. The minimum absolute atomic E-state index is 0.441. The molecule has 0 amide bonds. The van der Waals surface area contributed by atoms with Crippen molar-refractivity contribution in [2.24, 2.45) is 0 Å². The molecule has 178 valence electrons. The molecule has 0 aliphatic heterocycles.